The molecule has 0 aliphatic heterocycles. The Morgan fingerprint density at radius 1 is 1.04 bits per heavy atom. The average Bonchev–Trinajstić information content (AvgIpc) is 3.00. The van der Waals surface area contributed by atoms with Crippen molar-refractivity contribution in [1.82, 2.24) is 0 Å². The first-order valence-electron chi connectivity index (χ1n) is 8.83. The second-order valence-corrected chi connectivity index (χ2v) is 7.12. The summed E-state index contributed by atoms with van der Waals surface area (Å²) in [5, 5.41) is 2.09. The fourth-order valence-electron chi connectivity index (χ4n) is 3.56. The largest absolute Gasteiger partial charge is 0.466 e. The first-order chi connectivity index (χ1) is 12.5. The molecular formula is C23H21N2O+. The Hall–Kier alpha value is -3.12. The van der Waals surface area contributed by atoms with Gasteiger partial charge in [-0.15, -0.1) is 0 Å². The van der Waals surface area contributed by atoms with Crippen LogP contribution in [0.15, 0.2) is 53.1 Å². The third-order valence-corrected chi connectivity index (χ3v) is 5.05. The predicted octanol–water partition coefficient (Wildman–Crippen LogP) is 6.06. The first kappa shape index (κ1) is 16.4. The summed E-state index contributed by atoms with van der Waals surface area (Å²) in [5.74, 6) is 0.363. The normalized spacial score (nSPS) is 11.4. The molecule has 2 heterocycles. The van der Waals surface area contributed by atoms with Crippen molar-refractivity contribution >= 4 is 27.6 Å². The van der Waals surface area contributed by atoms with Crippen LogP contribution < -0.4 is 4.57 Å². The van der Waals surface area contributed by atoms with E-state index in [4.69, 9.17) is 11.0 Å². The van der Waals surface area contributed by atoms with E-state index in [-0.39, 0.29) is 0 Å². The number of nitrogens with zero attached hydrogens (tertiary/aromatic N) is 2. The molecule has 2 aromatic heterocycles. The van der Waals surface area contributed by atoms with E-state index in [9.17, 15) is 0 Å². The molecule has 0 spiro atoms. The highest BCUT2D eigenvalue weighted by Gasteiger charge is 2.21. The SMILES string of the molecule is [C-]#[N+]c1cc(C(C)C)cc2c1oc1c(-c3cccc[n+]3C)c(C)ccc12. The number of pyridine rings is 1. The summed E-state index contributed by atoms with van der Waals surface area (Å²) >= 11 is 0. The lowest BCUT2D eigenvalue weighted by Crippen LogP contribution is -2.30. The Balaban J connectivity index is 2.16. The molecule has 26 heavy (non-hydrogen) atoms. The van der Waals surface area contributed by atoms with E-state index >= 15 is 0 Å². The van der Waals surface area contributed by atoms with E-state index < -0.39 is 0 Å². The number of benzene rings is 2. The van der Waals surface area contributed by atoms with Crippen LogP contribution in [-0.4, -0.2) is 0 Å². The van der Waals surface area contributed by atoms with E-state index in [1.807, 2.05) is 31.4 Å². The van der Waals surface area contributed by atoms with Crippen molar-refractivity contribution in [1.29, 1.82) is 0 Å². The van der Waals surface area contributed by atoms with Crippen LogP contribution in [0.1, 0.15) is 30.9 Å². The molecule has 128 valence electrons. The minimum absolute atomic E-state index is 0.363. The summed E-state index contributed by atoms with van der Waals surface area (Å²) < 4.78 is 8.40. The number of rotatable bonds is 2. The Kier molecular flexibility index (Phi) is 3.77. The van der Waals surface area contributed by atoms with Crippen molar-refractivity contribution in [2.45, 2.75) is 26.7 Å². The summed E-state index contributed by atoms with van der Waals surface area (Å²) in [6.07, 6.45) is 2.04. The molecule has 0 radical (unpaired) electrons. The van der Waals surface area contributed by atoms with Gasteiger partial charge in [0, 0.05) is 22.9 Å². The van der Waals surface area contributed by atoms with Gasteiger partial charge in [-0.2, -0.15) is 0 Å². The van der Waals surface area contributed by atoms with Gasteiger partial charge in [-0.3, -0.25) is 0 Å². The second-order valence-electron chi connectivity index (χ2n) is 7.12. The van der Waals surface area contributed by atoms with Crippen LogP contribution in [0.25, 0.3) is 38.0 Å². The van der Waals surface area contributed by atoms with Gasteiger partial charge in [0.05, 0.1) is 12.1 Å². The lowest BCUT2D eigenvalue weighted by atomic mass is 9.97. The molecule has 0 saturated carbocycles. The molecule has 0 saturated heterocycles. The van der Waals surface area contributed by atoms with E-state index in [1.54, 1.807) is 0 Å². The number of hydrogen-bond acceptors (Lipinski definition) is 1. The van der Waals surface area contributed by atoms with Gasteiger partial charge in [-0.05, 0) is 36.6 Å². The van der Waals surface area contributed by atoms with Crippen LogP contribution in [0.2, 0.25) is 0 Å². The van der Waals surface area contributed by atoms with E-state index in [1.165, 1.54) is 5.56 Å². The zero-order chi connectivity index (χ0) is 18.4. The zero-order valence-electron chi connectivity index (χ0n) is 15.5. The third-order valence-electron chi connectivity index (χ3n) is 5.05. The highest BCUT2D eigenvalue weighted by Crippen LogP contribution is 2.41. The Bertz CT molecular complexity index is 1190. The molecule has 4 aromatic rings. The quantitative estimate of drug-likeness (QED) is 0.321. The maximum absolute atomic E-state index is 7.59. The number of hydrogen-bond donors (Lipinski definition) is 0. The van der Waals surface area contributed by atoms with E-state index in [0.29, 0.717) is 17.2 Å². The fraction of sp³-hybridized carbons (Fsp3) is 0.217. The highest BCUT2D eigenvalue weighted by atomic mass is 16.3. The van der Waals surface area contributed by atoms with Gasteiger partial charge in [-0.25, -0.2) is 9.41 Å². The number of aryl methyl sites for hydroxylation is 2. The van der Waals surface area contributed by atoms with Crippen molar-refractivity contribution in [3.63, 3.8) is 0 Å². The van der Waals surface area contributed by atoms with E-state index in [2.05, 4.69) is 54.4 Å². The summed E-state index contributed by atoms with van der Waals surface area (Å²) in [6, 6.07) is 14.5. The molecule has 2 aromatic carbocycles. The molecule has 0 fully saturated rings. The second kappa shape index (κ2) is 6.00. The summed E-state index contributed by atoms with van der Waals surface area (Å²) in [5.41, 5.74) is 6.64. The van der Waals surface area contributed by atoms with Crippen LogP contribution in [0.4, 0.5) is 5.69 Å². The van der Waals surface area contributed by atoms with Crippen LogP contribution >= 0.6 is 0 Å². The van der Waals surface area contributed by atoms with Crippen LogP contribution in [0.3, 0.4) is 0 Å². The summed E-state index contributed by atoms with van der Waals surface area (Å²) in [6.45, 7) is 14.0. The van der Waals surface area contributed by atoms with Gasteiger partial charge >= 0.3 is 0 Å². The number of furan rings is 1. The zero-order valence-corrected chi connectivity index (χ0v) is 15.5. The molecule has 0 N–H and O–H groups in total. The minimum atomic E-state index is 0.363. The van der Waals surface area contributed by atoms with Crippen LogP contribution in [0, 0.1) is 13.5 Å². The smallest absolute Gasteiger partial charge is 0.229 e. The lowest BCUT2D eigenvalue weighted by Gasteiger charge is -2.06. The fourth-order valence-corrected chi connectivity index (χ4v) is 3.56. The Labute approximate surface area is 153 Å². The van der Waals surface area contributed by atoms with E-state index in [0.717, 1.165) is 33.2 Å². The molecule has 4 rings (SSSR count). The molecule has 0 aliphatic carbocycles. The van der Waals surface area contributed by atoms with Gasteiger partial charge < -0.3 is 4.42 Å². The van der Waals surface area contributed by atoms with Crippen LogP contribution in [-0.2, 0) is 7.05 Å². The van der Waals surface area contributed by atoms with Crippen molar-refractivity contribution < 1.29 is 8.98 Å². The topological polar surface area (TPSA) is 21.4 Å². The molecule has 0 atom stereocenters. The molecular weight excluding hydrogens is 320 g/mol. The Morgan fingerprint density at radius 3 is 2.54 bits per heavy atom. The van der Waals surface area contributed by atoms with Gasteiger partial charge in [0.2, 0.25) is 11.4 Å². The molecule has 0 bridgehead atoms. The van der Waals surface area contributed by atoms with Crippen LogP contribution in [0.5, 0.6) is 0 Å². The summed E-state index contributed by atoms with van der Waals surface area (Å²) in [7, 11) is 2.04. The minimum Gasteiger partial charge on any atom is -0.466 e. The van der Waals surface area contributed by atoms with Crippen molar-refractivity contribution in [2.75, 3.05) is 0 Å². The van der Waals surface area contributed by atoms with Gasteiger partial charge in [0.1, 0.15) is 18.2 Å². The lowest BCUT2D eigenvalue weighted by molar-refractivity contribution is -0.660. The average molecular weight is 341 g/mol. The monoisotopic (exact) mass is 341 g/mol. The standard InChI is InChI=1S/C23H21N2O/c1-14(2)16-12-18-17-10-9-15(3)21(20-8-6-7-11-25(20)5)23(17)26-22(18)19(13-16)24-4/h6-14H,1-3,5H3/q+1. The first-order valence-corrected chi connectivity index (χ1v) is 8.83. The number of aromatic nitrogens is 1. The predicted molar refractivity (Wildman–Crippen MR) is 105 cm³/mol. The maximum Gasteiger partial charge on any atom is 0.229 e. The van der Waals surface area contributed by atoms with Crippen molar-refractivity contribution in [2.24, 2.45) is 7.05 Å². The van der Waals surface area contributed by atoms with Crippen molar-refractivity contribution in [3.8, 4) is 11.3 Å². The maximum atomic E-state index is 7.59. The van der Waals surface area contributed by atoms with Gasteiger partial charge in [0.25, 0.3) is 0 Å². The molecule has 3 heteroatoms. The highest BCUT2D eigenvalue weighted by molar-refractivity contribution is 6.13. The summed E-state index contributed by atoms with van der Waals surface area (Å²) in [4.78, 5) is 3.73. The molecule has 0 amide bonds. The van der Waals surface area contributed by atoms with Gasteiger partial charge in [0.15, 0.2) is 6.20 Å². The molecule has 0 unspecified atom stereocenters. The van der Waals surface area contributed by atoms with Crippen molar-refractivity contribution in [3.05, 3.63) is 71.2 Å². The van der Waals surface area contributed by atoms with Gasteiger partial charge in [-0.1, -0.05) is 31.5 Å². The molecule has 3 nitrogen and oxygen atoms in total. The number of fused-ring (bicyclic) bond motifs is 3. The molecule has 0 aliphatic rings. The Morgan fingerprint density at radius 2 is 1.85 bits per heavy atom. The third kappa shape index (κ3) is 2.38.